The van der Waals surface area contributed by atoms with Gasteiger partial charge in [0.15, 0.2) is 5.69 Å². The van der Waals surface area contributed by atoms with Crippen molar-refractivity contribution in [3.05, 3.63) is 30.0 Å². The number of aromatic nitrogens is 2. The molecular weight excluding hydrogens is 294 g/mol. The van der Waals surface area contributed by atoms with Crippen molar-refractivity contribution in [2.45, 2.75) is 33.0 Å². The van der Waals surface area contributed by atoms with Crippen LogP contribution in [0.5, 0.6) is 0 Å². The molecule has 122 valence electrons. The van der Waals surface area contributed by atoms with Crippen LogP contribution in [0.25, 0.3) is 10.9 Å². The van der Waals surface area contributed by atoms with Crippen LogP contribution < -0.4 is 4.90 Å². The minimum absolute atomic E-state index is 0.0840. The van der Waals surface area contributed by atoms with Gasteiger partial charge in [-0.15, -0.1) is 10.2 Å². The lowest BCUT2D eigenvalue weighted by Gasteiger charge is -2.37. The smallest absolute Gasteiger partial charge is 0.361 e. The van der Waals surface area contributed by atoms with Crippen LogP contribution in [0.4, 0.5) is 5.69 Å². The number of carbonyl (C=O) groups excluding carboxylic acids is 1. The predicted molar refractivity (Wildman–Crippen MR) is 87.7 cm³/mol. The Morgan fingerprint density at radius 1 is 1.26 bits per heavy atom. The summed E-state index contributed by atoms with van der Waals surface area (Å²) in [7, 11) is 0. The maximum absolute atomic E-state index is 12.3. The molecule has 0 radical (unpaired) electrons. The van der Waals surface area contributed by atoms with Crippen LogP contribution >= 0.6 is 0 Å². The summed E-state index contributed by atoms with van der Waals surface area (Å²) in [4.78, 5) is 14.5. The number of hydrogen-bond donors (Lipinski definition) is 0. The van der Waals surface area contributed by atoms with Gasteiger partial charge in [0.25, 0.3) is 0 Å². The zero-order valence-corrected chi connectivity index (χ0v) is 13.7. The summed E-state index contributed by atoms with van der Waals surface area (Å²) < 4.78 is 11.0. The Labute approximate surface area is 135 Å². The van der Waals surface area contributed by atoms with E-state index < -0.39 is 5.97 Å². The molecule has 1 aromatic carbocycles. The molecule has 6 heteroatoms. The molecule has 2 heterocycles. The Hall–Kier alpha value is -2.21. The number of rotatable bonds is 3. The molecule has 1 aliphatic rings. The van der Waals surface area contributed by atoms with Crippen molar-refractivity contribution in [1.29, 1.82) is 0 Å². The number of hydrogen-bond acceptors (Lipinski definition) is 6. The first-order valence-electron chi connectivity index (χ1n) is 7.93. The van der Waals surface area contributed by atoms with Crippen LogP contribution in [0, 0.1) is 0 Å². The maximum Gasteiger partial charge on any atom is 0.361 e. The van der Waals surface area contributed by atoms with E-state index in [1.165, 1.54) is 0 Å². The molecule has 1 fully saturated rings. The molecule has 0 N–H and O–H groups in total. The molecule has 0 amide bonds. The topological polar surface area (TPSA) is 64.5 Å². The second kappa shape index (κ2) is 6.50. The van der Waals surface area contributed by atoms with E-state index >= 15 is 0 Å². The number of benzene rings is 1. The lowest BCUT2D eigenvalue weighted by molar-refractivity contribution is -0.00530. The lowest BCUT2D eigenvalue weighted by atomic mass is 10.1. The van der Waals surface area contributed by atoms with Crippen molar-refractivity contribution in [3.63, 3.8) is 0 Å². The summed E-state index contributed by atoms with van der Waals surface area (Å²) in [5, 5.41) is 9.22. The van der Waals surface area contributed by atoms with E-state index in [-0.39, 0.29) is 17.9 Å². The van der Waals surface area contributed by atoms with Gasteiger partial charge in [0.1, 0.15) is 0 Å². The fourth-order valence-corrected chi connectivity index (χ4v) is 3.06. The minimum Gasteiger partial charge on any atom is -0.461 e. The molecule has 2 unspecified atom stereocenters. The van der Waals surface area contributed by atoms with Gasteiger partial charge < -0.3 is 14.4 Å². The predicted octanol–water partition coefficient (Wildman–Crippen LogP) is 2.42. The molecule has 2 atom stereocenters. The highest BCUT2D eigenvalue weighted by Gasteiger charge is 2.29. The molecule has 3 rings (SSSR count). The molecule has 1 aromatic heterocycles. The monoisotopic (exact) mass is 315 g/mol. The SMILES string of the molecule is CCOC(=O)c1nnc2ccccc2c1N1CC(C)OC(C)C1. The van der Waals surface area contributed by atoms with Crippen LogP contribution in [0.2, 0.25) is 0 Å². The number of anilines is 1. The molecule has 6 nitrogen and oxygen atoms in total. The Bertz CT molecular complexity index is 709. The van der Waals surface area contributed by atoms with Crippen molar-refractivity contribution in [1.82, 2.24) is 10.2 Å². The van der Waals surface area contributed by atoms with E-state index in [1.54, 1.807) is 6.92 Å². The van der Waals surface area contributed by atoms with Gasteiger partial charge in [-0.2, -0.15) is 0 Å². The fraction of sp³-hybridized carbons (Fsp3) is 0.471. The summed E-state index contributed by atoms with van der Waals surface area (Å²) >= 11 is 0. The molecule has 2 aromatic rings. The summed E-state index contributed by atoms with van der Waals surface area (Å²) in [5.41, 5.74) is 1.82. The van der Waals surface area contributed by atoms with Gasteiger partial charge in [0, 0.05) is 18.5 Å². The van der Waals surface area contributed by atoms with Crippen molar-refractivity contribution >= 4 is 22.6 Å². The van der Waals surface area contributed by atoms with Crippen molar-refractivity contribution in [2.24, 2.45) is 0 Å². The highest BCUT2D eigenvalue weighted by atomic mass is 16.5. The second-order valence-electron chi connectivity index (χ2n) is 5.80. The molecule has 0 spiro atoms. The van der Waals surface area contributed by atoms with Crippen LogP contribution in [-0.2, 0) is 9.47 Å². The molecule has 1 aliphatic heterocycles. The van der Waals surface area contributed by atoms with E-state index in [9.17, 15) is 4.79 Å². The summed E-state index contributed by atoms with van der Waals surface area (Å²) in [6, 6.07) is 7.71. The largest absolute Gasteiger partial charge is 0.461 e. The van der Waals surface area contributed by atoms with Gasteiger partial charge in [0.2, 0.25) is 0 Å². The quantitative estimate of drug-likeness (QED) is 0.811. The first-order valence-corrected chi connectivity index (χ1v) is 7.93. The Morgan fingerprint density at radius 2 is 1.96 bits per heavy atom. The number of morpholine rings is 1. The second-order valence-corrected chi connectivity index (χ2v) is 5.80. The van der Waals surface area contributed by atoms with E-state index in [2.05, 4.69) is 15.1 Å². The van der Waals surface area contributed by atoms with Gasteiger partial charge in [-0.1, -0.05) is 18.2 Å². The van der Waals surface area contributed by atoms with Crippen LogP contribution in [-0.4, -0.2) is 48.1 Å². The Morgan fingerprint density at radius 3 is 2.65 bits per heavy atom. The zero-order chi connectivity index (χ0) is 16.4. The Balaban J connectivity index is 2.14. The molecule has 0 aliphatic carbocycles. The van der Waals surface area contributed by atoms with Crippen LogP contribution in [0.15, 0.2) is 24.3 Å². The standard InChI is InChI=1S/C17H21N3O3/c1-4-22-17(21)15-16(20-9-11(2)23-12(3)10-20)13-7-5-6-8-14(13)18-19-15/h5-8,11-12H,4,9-10H2,1-3H3. The van der Waals surface area contributed by atoms with Crippen LogP contribution in [0.1, 0.15) is 31.3 Å². The zero-order valence-electron chi connectivity index (χ0n) is 13.7. The highest BCUT2D eigenvalue weighted by molar-refractivity contribution is 6.03. The number of nitrogens with zero attached hydrogens (tertiary/aromatic N) is 3. The third kappa shape index (κ3) is 3.12. The van der Waals surface area contributed by atoms with Gasteiger partial charge in [-0.25, -0.2) is 4.79 Å². The van der Waals surface area contributed by atoms with E-state index in [0.717, 1.165) is 16.6 Å². The fourth-order valence-electron chi connectivity index (χ4n) is 3.06. The first-order chi connectivity index (χ1) is 11.1. The molecular formula is C17H21N3O3. The average molecular weight is 315 g/mol. The van der Waals surface area contributed by atoms with Crippen molar-refractivity contribution in [3.8, 4) is 0 Å². The number of ether oxygens (including phenoxy) is 2. The average Bonchev–Trinajstić information content (AvgIpc) is 2.53. The molecule has 1 saturated heterocycles. The first kappa shape index (κ1) is 15.7. The molecule has 0 bridgehead atoms. The lowest BCUT2D eigenvalue weighted by Crippen LogP contribution is -2.46. The van der Waals surface area contributed by atoms with Gasteiger partial charge in [0.05, 0.1) is 30.0 Å². The van der Waals surface area contributed by atoms with E-state index in [1.807, 2.05) is 38.1 Å². The molecule has 23 heavy (non-hydrogen) atoms. The highest BCUT2D eigenvalue weighted by Crippen LogP contribution is 2.31. The van der Waals surface area contributed by atoms with Gasteiger partial charge in [-0.3, -0.25) is 0 Å². The van der Waals surface area contributed by atoms with Gasteiger partial charge >= 0.3 is 5.97 Å². The maximum atomic E-state index is 12.3. The normalized spacial score (nSPS) is 21.4. The van der Waals surface area contributed by atoms with Crippen molar-refractivity contribution in [2.75, 3.05) is 24.6 Å². The van der Waals surface area contributed by atoms with Crippen molar-refractivity contribution < 1.29 is 14.3 Å². The third-order valence-electron chi connectivity index (χ3n) is 3.85. The van der Waals surface area contributed by atoms with Gasteiger partial charge in [-0.05, 0) is 26.8 Å². The van der Waals surface area contributed by atoms with E-state index in [4.69, 9.17) is 9.47 Å². The van der Waals surface area contributed by atoms with Crippen LogP contribution in [0.3, 0.4) is 0 Å². The summed E-state index contributed by atoms with van der Waals surface area (Å²) in [6.45, 7) is 7.56. The number of esters is 1. The minimum atomic E-state index is -0.437. The van der Waals surface area contributed by atoms with E-state index in [0.29, 0.717) is 19.7 Å². The third-order valence-corrected chi connectivity index (χ3v) is 3.85. The Kier molecular flexibility index (Phi) is 4.43. The number of carbonyl (C=O) groups is 1. The number of fused-ring (bicyclic) bond motifs is 1. The molecule has 0 saturated carbocycles. The summed E-state index contributed by atoms with van der Waals surface area (Å²) in [6.07, 6.45) is 0.168. The summed E-state index contributed by atoms with van der Waals surface area (Å²) in [5.74, 6) is -0.437.